The van der Waals surface area contributed by atoms with Crippen LogP contribution in [0.2, 0.25) is 0 Å². The van der Waals surface area contributed by atoms with Gasteiger partial charge < -0.3 is 14.8 Å². The molecule has 1 amide bonds. The van der Waals surface area contributed by atoms with Crippen molar-refractivity contribution in [1.82, 2.24) is 9.62 Å². The second kappa shape index (κ2) is 7.65. The van der Waals surface area contributed by atoms with Crippen LogP contribution < -0.4 is 14.8 Å². The summed E-state index contributed by atoms with van der Waals surface area (Å²) in [6, 6.07) is 3.34. The number of ether oxygens (including phenoxy) is 2. The van der Waals surface area contributed by atoms with E-state index in [1.54, 1.807) is 20.3 Å². The third-order valence-electron chi connectivity index (χ3n) is 3.55. The molecular formula is C15H24N2O5S. The largest absolute Gasteiger partial charge is 0.493 e. The van der Waals surface area contributed by atoms with Gasteiger partial charge in [-0.1, -0.05) is 0 Å². The van der Waals surface area contributed by atoms with E-state index in [2.05, 4.69) is 5.32 Å². The Kier molecular flexibility index (Phi) is 6.40. The van der Waals surface area contributed by atoms with Crippen molar-refractivity contribution in [2.45, 2.75) is 19.9 Å². The van der Waals surface area contributed by atoms with E-state index >= 15 is 0 Å². The fourth-order valence-corrected chi connectivity index (χ4v) is 2.50. The van der Waals surface area contributed by atoms with Gasteiger partial charge >= 0.3 is 0 Å². The molecule has 1 aromatic rings. The summed E-state index contributed by atoms with van der Waals surface area (Å²) < 4.78 is 34.2. The Morgan fingerprint density at radius 1 is 1.26 bits per heavy atom. The van der Waals surface area contributed by atoms with Crippen molar-refractivity contribution >= 4 is 15.9 Å². The summed E-state index contributed by atoms with van der Waals surface area (Å²) >= 11 is 0. The number of nitrogens with zero attached hydrogens (tertiary/aromatic N) is 1. The number of carbonyl (C=O) groups is 1. The number of methoxy groups -OCH3 is 2. The Hall–Kier alpha value is -1.80. The molecule has 1 atom stereocenters. The Morgan fingerprint density at radius 3 is 2.26 bits per heavy atom. The van der Waals surface area contributed by atoms with Gasteiger partial charge in [-0.15, -0.1) is 0 Å². The number of hydrogen-bond donors (Lipinski definition) is 1. The summed E-state index contributed by atoms with van der Waals surface area (Å²) in [6.45, 7) is 3.50. The highest BCUT2D eigenvalue weighted by atomic mass is 32.2. The SMILES string of the molecule is COc1cc(C)c([C@H](C)NC(=O)CN(C)S(C)(=O)=O)cc1OC. The van der Waals surface area contributed by atoms with Gasteiger partial charge in [-0.25, -0.2) is 8.42 Å². The number of likely N-dealkylation sites (N-methyl/N-ethyl adjacent to an activating group) is 1. The lowest BCUT2D eigenvalue weighted by atomic mass is 10.0. The van der Waals surface area contributed by atoms with Crippen LogP contribution in [0, 0.1) is 6.92 Å². The number of nitrogens with one attached hydrogen (secondary N) is 1. The van der Waals surface area contributed by atoms with Gasteiger partial charge in [0.15, 0.2) is 11.5 Å². The van der Waals surface area contributed by atoms with Crippen LogP contribution >= 0.6 is 0 Å². The van der Waals surface area contributed by atoms with Gasteiger partial charge in [-0.2, -0.15) is 4.31 Å². The lowest BCUT2D eigenvalue weighted by Crippen LogP contribution is -2.38. The maximum absolute atomic E-state index is 12.0. The molecule has 0 spiro atoms. The van der Waals surface area contributed by atoms with E-state index in [1.165, 1.54) is 7.05 Å². The molecule has 0 fully saturated rings. The minimum absolute atomic E-state index is 0.227. The van der Waals surface area contributed by atoms with Crippen molar-refractivity contribution in [3.63, 3.8) is 0 Å². The van der Waals surface area contributed by atoms with Crippen molar-refractivity contribution in [2.75, 3.05) is 34.1 Å². The summed E-state index contributed by atoms with van der Waals surface area (Å²) in [5.41, 5.74) is 1.81. The molecule has 0 radical (unpaired) electrons. The van der Waals surface area contributed by atoms with Crippen LogP contribution in [-0.4, -0.2) is 52.7 Å². The van der Waals surface area contributed by atoms with Gasteiger partial charge in [-0.05, 0) is 37.1 Å². The second-order valence-corrected chi connectivity index (χ2v) is 7.46. The van der Waals surface area contributed by atoms with E-state index < -0.39 is 10.0 Å². The number of hydrogen-bond acceptors (Lipinski definition) is 5. The fraction of sp³-hybridized carbons (Fsp3) is 0.533. The summed E-state index contributed by atoms with van der Waals surface area (Å²) in [5, 5.41) is 2.79. The normalized spacial score (nSPS) is 12.8. The van der Waals surface area contributed by atoms with E-state index in [1.807, 2.05) is 19.9 Å². The molecule has 0 aliphatic rings. The molecule has 0 aliphatic heterocycles. The topological polar surface area (TPSA) is 84.9 Å². The number of amides is 1. The number of aryl methyl sites for hydroxylation is 1. The van der Waals surface area contributed by atoms with Gasteiger partial charge in [-0.3, -0.25) is 4.79 Å². The minimum Gasteiger partial charge on any atom is -0.493 e. The van der Waals surface area contributed by atoms with Crippen molar-refractivity contribution in [1.29, 1.82) is 0 Å². The quantitative estimate of drug-likeness (QED) is 0.800. The van der Waals surface area contributed by atoms with E-state index in [9.17, 15) is 13.2 Å². The van der Waals surface area contributed by atoms with Crippen molar-refractivity contribution in [3.8, 4) is 11.5 Å². The smallest absolute Gasteiger partial charge is 0.235 e. The lowest BCUT2D eigenvalue weighted by molar-refractivity contribution is -0.121. The zero-order chi connectivity index (χ0) is 17.8. The Bertz CT molecular complexity index is 673. The number of rotatable bonds is 7. The fourth-order valence-electron chi connectivity index (χ4n) is 2.15. The van der Waals surface area contributed by atoms with Crippen LogP contribution in [0.3, 0.4) is 0 Å². The van der Waals surface area contributed by atoms with Gasteiger partial charge in [0.05, 0.1) is 33.1 Å². The predicted molar refractivity (Wildman–Crippen MR) is 88.3 cm³/mol. The first kappa shape index (κ1) is 19.2. The van der Waals surface area contributed by atoms with Crippen molar-refractivity contribution in [2.24, 2.45) is 0 Å². The van der Waals surface area contributed by atoms with Gasteiger partial charge in [0.25, 0.3) is 0 Å². The molecule has 0 saturated heterocycles. The standard InChI is InChI=1S/C15H24N2O5S/c1-10-7-13(21-4)14(22-5)8-12(10)11(2)16-15(18)9-17(3)23(6,19)20/h7-8,11H,9H2,1-6H3,(H,16,18)/t11-/m0/s1. The van der Waals surface area contributed by atoms with Crippen LogP contribution in [0.25, 0.3) is 0 Å². The monoisotopic (exact) mass is 344 g/mol. The summed E-state index contributed by atoms with van der Waals surface area (Å²) in [4.78, 5) is 12.0. The van der Waals surface area contributed by atoms with Gasteiger partial charge in [0, 0.05) is 7.05 Å². The van der Waals surface area contributed by atoms with Gasteiger partial charge in [0.1, 0.15) is 0 Å². The molecule has 0 aliphatic carbocycles. The second-order valence-electron chi connectivity index (χ2n) is 5.37. The zero-order valence-corrected chi connectivity index (χ0v) is 15.2. The molecular weight excluding hydrogens is 320 g/mol. The Labute approximate surface area is 137 Å². The van der Waals surface area contributed by atoms with Crippen LogP contribution in [0.5, 0.6) is 11.5 Å². The first-order chi connectivity index (χ1) is 10.6. The maximum Gasteiger partial charge on any atom is 0.235 e. The van der Waals surface area contributed by atoms with Crippen LogP contribution in [-0.2, 0) is 14.8 Å². The van der Waals surface area contributed by atoms with Crippen molar-refractivity contribution in [3.05, 3.63) is 23.3 Å². The highest BCUT2D eigenvalue weighted by Crippen LogP contribution is 2.32. The number of benzene rings is 1. The van der Waals surface area contributed by atoms with E-state index in [4.69, 9.17) is 9.47 Å². The minimum atomic E-state index is -3.39. The molecule has 1 N–H and O–H groups in total. The average molecular weight is 344 g/mol. The lowest BCUT2D eigenvalue weighted by Gasteiger charge is -2.20. The molecule has 0 unspecified atom stereocenters. The first-order valence-electron chi connectivity index (χ1n) is 7.03. The Morgan fingerprint density at radius 2 is 1.78 bits per heavy atom. The summed E-state index contributed by atoms with van der Waals surface area (Å²) in [7, 11) is 1.07. The van der Waals surface area contributed by atoms with Crippen LogP contribution in [0.1, 0.15) is 24.1 Å². The third kappa shape index (κ3) is 5.11. The van der Waals surface area contributed by atoms with Crippen LogP contribution in [0.4, 0.5) is 0 Å². The molecule has 0 saturated carbocycles. The molecule has 23 heavy (non-hydrogen) atoms. The molecule has 0 heterocycles. The average Bonchev–Trinajstić information content (AvgIpc) is 2.45. The van der Waals surface area contributed by atoms with Gasteiger partial charge in [0.2, 0.25) is 15.9 Å². The molecule has 1 rings (SSSR count). The predicted octanol–water partition coefficient (Wildman–Crippen LogP) is 1.08. The highest BCUT2D eigenvalue weighted by Gasteiger charge is 2.19. The zero-order valence-electron chi connectivity index (χ0n) is 14.3. The summed E-state index contributed by atoms with van der Waals surface area (Å²) in [6.07, 6.45) is 1.06. The van der Waals surface area contributed by atoms with E-state index in [0.29, 0.717) is 11.5 Å². The number of sulfonamides is 1. The maximum atomic E-state index is 12.0. The van der Waals surface area contributed by atoms with Crippen molar-refractivity contribution < 1.29 is 22.7 Å². The third-order valence-corrected chi connectivity index (χ3v) is 4.81. The molecule has 130 valence electrons. The van der Waals surface area contributed by atoms with Crippen LogP contribution in [0.15, 0.2) is 12.1 Å². The molecule has 8 heteroatoms. The molecule has 0 aromatic heterocycles. The molecule has 7 nitrogen and oxygen atoms in total. The highest BCUT2D eigenvalue weighted by molar-refractivity contribution is 7.88. The molecule has 0 bridgehead atoms. The van der Waals surface area contributed by atoms with E-state index in [-0.39, 0.29) is 18.5 Å². The van der Waals surface area contributed by atoms with E-state index in [0.717, 1.165) is 21.7 Å². The molecule has 1 aromatic carbocycles. The summed E-state index contributed by atoms with van der Waals surface area (Å²) in [5.74, 6) is 0.811. The first-order valence-corrected chi connectivity index (χ1v) is 8.88. The number of carbonyl (C=O) groups excluding carboxylic acids is 1. The Balaban J connectivity index is 2.90.